The smallest absolute Gasteiger partial charge is 0.254 e. The van der Waals surface area contributed by atoms with E-state index in [0.29, 0.717) is 23.0 Å². The van der Waals surface area contributed by atoms with Gasteiger partial charge in [0.05, 0.1) is 31.6 Å². The zero-order valence-corrected chi connectivity index (χ0v) is 16.3. The average molecular weight is 379 g/mol. The van der Waals surface area contributed by atoms with E-state index in [2.05, 4.69) is 15.6 Å². The van der Waals surface area contributed by atoms with Crippen molar-refractivity contribution in [3.63, 3.8) is 0 Å². The molecule has 0 spiro atoms. The molecule has 4 rings (SSSR count). The third-order valence-corrected chi connectivity index (χ3v) is 5.48. The maximum absolute atomic E-state index is 12.9. The van der Waals surface area contributed by atoms with Crippen molar-refractivity contribution in [3.05, 3.63) is 54.4 Å². The number of rotatable bonds is 5. The van der Waals surface area contributed by atoms with Crippen LogP contribution in [0.5, 0.6) is 11.5 Å². The van der Waals surface area contributed by atoms with Gasteiger partial charge in [0.15, 0.2) is 0 Å². The molecule has 28 heavy (non-hydrogen) atoms. The summed E-state index contributed by atoms with van der Waals surface area (Å²) in [6.07, 6.45) is 3.89. The van der Waals surface area contributed by atoms with Crippen molar-refractivity contribution in [2.75, 3.05) is 27.3 Å². The standard InChI is InChI=1S/C22H25N3O3/c1-27-18-11-17(12-19(13-18)28-2)22(26)24-9-7-16(8-10-24)14-25-15-23-20-5-3-4-6-21(20)25/h3-6,11-13,15-16H,7-10,14H2,1-2H3. The zero-order chi connectivity index (χ0) is 19.5. The Labute approximate surface area is 164 Å². The molecule has 0 radical (unpaired) electrons. The van der Waals surface area contributed by atoms with E-state index in [1.54, 1.807) is 32.4 Å². The van der Waals surface area contributed by atoms with Gasteiger partial charge in [-0.3, -0.25) is 4.79 Å². The molecule has 0 N–H and O–H groups in total. The molecule has 1 fully saturated rings. The van der Waals surface area contributed by atoms with Crippen LogP contribution in [0.25, 0.3) is 11.0 Å². The molecular weight excluding hydrogens is 354 g/mol. The minimum absolute atomic E-state index is 0.0312. The number of hydrogen-bond donors (Lipinski definition) is 0. The van der Waals surface area contributed by atoms with Crippen LogP contribution in [-0.2, 0) is 6.54 Å². The van der Waals surface area contributed by atoms with E-state index in [0.717, 1.165) is 38.0 Å². The van der Waals surface area contributed by atoms with Gasteiger partial charge in [0.2, 0.25) is 0 Å². The first-order valence-electron chi connectivity index (χ1n) is 9.60. The third-order valence-electron chi connectivity index (χ3n) is 5.48. The molecule has 1 aliphatic heterocycles. The molecule has 3 aromatic rings. The first-order valence-corrected chi connectivity index (χ1v) is 9.60. The molecule has 0 aliphatic carbocycles. The fraction of sp³-hybridized carbons (Fsp3) is 0.364. The fourth-order valence-electron chi connectivity index (χ4n) is 3.87. The van der Waals surface area contributed by atoms with E-state index in [4.69, 9.17) is 9.47 Å². The van der Waals surface area contributed by atoms with Crippen LogP contribution in [0.4, 0.5) is 0 Å². The molecule has 1 aliphatic rings. The number of para-hydroxylation sites is 2. The topological polar surface area (TPSA) is 56.6 Å². The predicted molar refractivity (Wildman–Crippen MR) is 108 cm³/mol. The Bertz CT molecular complexity index is 952. The Balaban J connectivity index is 1.40. The molecule has 1 amide bonds. The molecular formula is C22H25N3O3. The molecule has 2 heterocycles. The van der Waals surface area contributed by atoms with Crippen LogP contribution in [0.3, 0.4) is 0 Å². The van der Waals surface area contributed by atoms with Crippen LogP contribution in [0, 0.1) is 5.92 Å². The van der Waals surface area contributed by atoms with Crippen molar-refractivity contribution in [1.29, 1.82) is 0 Å². The second kappa shape index (κ2) is 7.92. The van der Waals surface area contributed by atoms with Crippen molar-refractivity contribution in [2.24, 2.45) is 5.92 Å². The second-order valence-corrected chi connectivity index (χ2v) is 7.22. The summed E-state index contributed by atoms with van der Waals surface area (Å²) >= 11 is 0. The highest BCUT2D eigenvalue weighted by atomic mass is 16.5. The highest BCUT2D eigenvalue weighted by Crippen LogP contribution is 2.26. The second-order valence-electron chi connectivity index (χ2n) is 7.22. The summed E-state index contributed by atoms with van der Waals surface area (Å²) in [7, 11) is 3.18. The highest BCUT2D eigenvalue weighted by molar-refractivity contribution is 5.95. The average Bonchev–Trinajstić information content (AvgIpc) is 3.16. The number of carbonyl (C=O) groups is 1. The van der Waals surface area contributed by atoms with Crippen molar-refractivity contribution in [2.45, 2.75) is 19.4 Å². The number of imidazole rings is 1. The Hall–Kier alpha value is -3.02. The van der Waals surface area contributed by atoms with Crippen LogP contribution in [-0.4, -0.2) is 47.7 Å². The summed E-state index contributed by atoms with van der Waals surface area (Å²) in [5.41, 5.74) is 2.81. The zero-order valence-electron chi connectivity index (χ0n) is 16.3. The molecule has 0 atom stereocenters. The van der Waals surface area contributed by atoms with Crippen molar-refractivity contribution < 1.29 is 14.3 Å². The lowest BCUT2D eigenvalue weighted by Crippen LogP contribution is -2.39. The maximum Gasteiger partial charge on any atom is 0.254 e. The number of fused-ring (bicyclic) bond motifs is 1. The van der Waals surface area contributed by atoms with Gasteiger partial charge in [-0.1, -0.05) is 12.1 Å². The number of nitrogens with zero attached hydrogens (tertiary/aromatic N) is 3. The third kappa shape index (κ3) is 3.67. The maximum atomic E-state index is 12.9. The number of methoxy groups -OCH3 is 2. The Kier molecular flexibility index (Phi) is 5.19. The lowest BCUT2D eigenvalue weighted by atomic mass is 9.96. The molecule has 1 saturated heterocycles. The molecule has 1 aromatic heterocycles. The summed E-state index contributed by atoms with van der Waals surface area (Å²) in [6.45, 7) is 2.46. The largest absolute Gasteiger partial charge is 0.497 e. The first-order chi connectivity index (χ1) is 13.7. The Morgan fingerprint density at radius 3 is 2.43 bits per heavy atom. The quantitative estimate of drug-likeness (QED) is 0.680. The van der Waals surface area contributed by atoms with E-state index in [1.165, 1.54) is 5.52 Å². The number of hydrogen-bond acceptors (Lipinski definition) is 4. The van der Waals surface area contributed by atoms with E-state index >= 15 is 0 Å². The summed E-state index contributed by atoms with van der Waals surface area (Å²) < 4.78 is 12.8. The number of benzene rings is 2. The normalized spacial score (nSPS) is 15.0. The number of carbonyl (C=O) groups excluding carboxylic acids is 1. The van der Waals surface area contributed by atoms with Crippen LogP contribution in [0.15, 0.2) is 48.8 Å². The van der Waals surface area contributed by atoms with Gasteiger partial charge in [0.25, 0.3) is 5.91 Å². The Morgan fingerprint density at radius 2 is 1.75 bits per heavy atom. The summed E-state index contributed by atoms with van der Waals surface area (Å²) in [5.74, 6) is 1.83. The van der Waals surface area contributed by atoms with Crippen molar-refractivity contribution >= 4 is 16.9 Å². The number of likely N-dealkylation sites (tertiary alicyclic amines) is 1. The minimum Gasteiger partial charge on any atom is -0.497 e. The van der Waals surface area contributed by atoms with Crippen molar-refractivity contribution in [1.82, 2.24) is 14.5 Å². The summed E-state index contributed by atoms with van der Waals surface area (Å²) in [4.78, 5) is 19.3. The van der Waals surface area contributed by atoms with Gasteiger partial charge in [0.1, 0.15) is 11.5 Å². The number of ether oxygens (including phenoxy) is 2. The monoisotopic (exact) mass is 379 g/mol. The van der Waals surface area contributed by atoms with Gasteiger partial charge < -0.3 is 18.9 Å². The van der Waals surface area contributed by atoms with Gasteiger partial charge in [-0.05, 0) is 43.0 Å². The highest BCUT2D eigenvalue weighted by Gasteiger charge is 2.25. The van der Waals surface area contributed by atoms with Crippen LogP contribution in [0.1, 0.15) is 23.2 Å². The van der Waals surface area contributed by atoms with E-state index in [-0.39, 0.29) is 5.91 Å². The number of amides is 1. The fourth-order valence-corrected chi connectivity index (χ4v) is 3.87. The molecule has 0 unspecified atom stereocenters. The SMILES string of the molecule is COc1cc(OC)cc(C(=O)N2CCC(Cn3cnc4ccccc43)CC2)c1. The first kappa shape index (κ1) is 18.3. The van der Waals surface area contributed by atoms with E-state index < -0.39 is 0 Å². The molecule has 0 bridgehead atoms. The van der Waals surface area contributed by atoms with Crippen molar-refractivity contribution in [3.8, 4) is 11.5 Å². The van der Waals surface area contributed by atoms with Crippen LogP contribution in [0.2, 0.25) is 0 Å². The number of piperidine rings is 1. The predicted octanol–water partition coefficient (Wildman–Crippen LogP) is 3.61. The minimum atomic E-state index is 0.0312. The van der Waals surface area contributed by atoms with Crippen LogP contribution >= 0.6 is 0 Å². The van der Waals surface area contributed by atoms with Gasteiger partial charge in [0, 0.05) is 31.3 Å². The number of aromatic nitrogens is 2. The Morgan fingerprint density at radius 1 is 1.07 bits per heavy atom. The lowest BCUT2D eigenvalue weighted by molar-refractivity contribution is 0.0682. The molecule has 2 aromatic carbocycles. The lowest BCUT2D eigenvalue weighted by Gasteiger charge is -2.32. The molecule has 6 nitrogen and oxygen atoms in total. The van der Waals surface area contributed by atoms with Gasteiger partial charge in [-0.2, -0.15) is 0 Å². The van der Waals surface area contributed by atoms with Gasteiger partial charge >= 0.3 is 0 Å². The van der Waals surface area contributed by atoms with Gasteiger partial charge in [-0.15, -0.1) is 0 Å². The molecule has 146 valence electrons. The summed E-state index contributed by atoms with van der Waals surface area (Å²) in [5, 5.41) is 0. The van der Waals surface area contributed by atoms with E-state index in [1.807, 2.05) is 29.4 Å². The van der Waals surface area contributed by atoms with E-state index in [9.17, 15) is 4.79 Å². The van der Waals surface area contributed by atoms with Crippen LogP contribution < -0.4 is 9.47 Å². The summed E-state index contributed by atoms with van der Waals surface area (Å²) in [6, 6.07) is 13.5. The molecule has 0 saturated carbocycles. The van der Waals surface area contributed by atoms with Gasteiger partial charge in [-0.25, -0.2) is 4.98 Å². The molecule has 6 heteroatoms.